The highest BCUT2D eigenvalue weighted by Crippen LogP contribution is 2.36. The number of rotatable bonds is 10. The van der Waals surface area contributed by atoms with Crippen LogP contribution in [-0.2, 0) is 11.2 Å². The van der Waals surface area contributed by atoms with Crippen molar-refractivity contribution in [2.45, 2.75) is 12.5 Å². The third-order valence-corrected chi connectivity index (χ3v) is 6.61. The molecule has 41 heavy (non-hydrogen) atoms. The number of fused-ring (bicyclic) bond motifs is 1. The zero-order valence-electron chi connectivity index (χ0n) is 22.7. The van der Waals surface area contributed by atoms with E-state index in [0.717, 1.165) is 22.3 Å². The van der Waals surface area contributed by atoms with Gasteiger partial charge in [-0.15, -0.1) is 0 Å². The Balaban J connectivity index is 1.51. The quantitative estimate of drug-likeness (QED) is 0.168. The molecule has 0 saturated carbocycles. The van der Waals surface area contributed by atoms with Crippen molar-refractivity contribution in [3.63, 3.8) is 0 Å². The maximum atomic E-state index is 13.7. The van der Waals surface area contributed by atoms with E-state index in [1.165, 1.54) is 20.3 Å². The zero-order chi connectivity index (χ0) is 28.8. The summed E-state index contributed by atoms with van der Waals surface area (Å²) in [5, 5.41) is 6.42. The number of nitrogens with two attached hydrogens (primary N) is 2. The van der Waals surface area contributed by atoms with Gasteiger partial charge in [0.25, 0.3) is 0 Å². The second-order valence-corrected chi connectivity index (χ2v) is 9.29. The first-order chi connectivity index (χ1) is 20.0. The van der Waals surface area contributed by atoms with Crippen molar-refractivity contribution >= 4 is 23.8 Å². The highest BCUT2D eigenvalue weighted by Gasteiger charge is 2.26. The van der Waals surface area contributed by atoms with Crippen molar-refractivity contribution in [3.8, 4) is 11.5 Å². The van der Waals surface area contributed by atoms with Crippen molar-refractivity contribution in [2.75, 3.05) is 32.5 Å². The molecular formula is C31H30N6O4. The Morgan fingerprint density at radius 3 is 2.59 bits per heavy atom. The molecule has 0 saturated heterocycles. The van der Waals surface area contributed by atoms with Gasteiger partial charge < -0.3 is 25.7 Å². The first kappa shape index (κ1) is 27.4. The molecule has 1 atom stereocenters. The van der Waals surface area contributed by atoms with Crippen LogP contribution in [0.15, 0.2) is 90.3 Å². The molecule has 1 unspecified atom stereocenters. The minimum atomic E-state index is -0.307. The molecule has 0 amide bonds. The highest BCUT2D eigenvalue weighted by molar-refractivity contribution is 6.07. The summed E-state index contributed by atoms with van der Waals surface area (Å²) in [6.45, 7) is -0.0677. The predicted octanol–water partition coefficient (Wildman–Crippen LogP) is 4.36. The number of methoxy groups -OCH3 is 2. The van der Waals surface area contributed by atoms with Crippen molar-refractivity contribution in [1.29, 1.82) is 0 Å². The van der Waals surface area contributed by atoms with Gasteiger partial charge in [-0.3, -0.25) is 9.80 Å². The average Bonchev–Trinajstić information content (AvgIpc) is 3.00. The lowest BCUT2D eigenvalue weighted by molar-refractivity contribution is 0.0483. The summed E-state index contributed by atoms with van der Waals surface area (Å²) < 4.78 is 16.5. The molecule has 5 rings (SSSR count). The average molecular weight is 551 g/mol. The molecule has 1 aliphatic rings. The molecule has 0 fully saturated rings. The predicted molar refractivity (Wildman–Crippen MR) is 157 cm³/mol. The number of nitrogens with zero attached hydrogens (tertiary/aromatic N) is 4. The molecule has 10 nitrogen and oxygen atoms in total. The van der Waals surface area contributed by atoms with Gasteiger partial charge in [-0.25, -0.2) is 4.98 Å². The number of carbonyl (C=O) groups excluding carboxylic acids is 1. The van der Waals surface area contributed by atoms with Crippen LogP contribution >= 0.6 is 0 Å². The van der Waals surface area contributed by atoms with Crippen molar-refractivity contribution < 1.29 is 19.0 Å². The fourth-order valence-corrected chi connectivity index (χ4v) is 4.69. The molecule has 0 radical (unpaired) electrons. The third kappa shape index (κ3) is 6.02. The van der Waals surface area contributed by atoms with Gasteiger partial charge in [0.15, 0.2) is 24.1 Å². The maximum Gasteiger partial charge on any atom is 0.221 e. The fraction of sp³-hybridized carbons (Fsp3) is 0.161. The maximum absolute atomic E-state index is 13.7. The van der Waals surface area contributed by atoms with Gasteiger partial charge in [0.2, 0.25) is 5.95 Å². The van der Waals surface area contributed by atoms with E-state index in [0.29, 0.717) is 23.3 Å². The van der Waals surface area contributed by atoms with Crippen LogP contribution in [0.5, 0.6) is 11.5 Å². The van der Waals surface area contributed by atoms with E-state index in [-0.39, 0.29) is 36.1 Å². The molecule has 10 heteroatoms. The van der Waals surface area contributed by atoms with Gasteiger partial charge in [0.1, 0.15) is 11.9 Å². The fourth-order valence-electron chi connectivity index (χ4n) is 4.69. The number of carbonyl (C=O) groups is 1. The summed E-state index contributed by atoms with van der Waals surface area (Å²) in [5.74, 6) is 0.683. The standard InChI is InChI=1S/C31H30N6O4/c1-39-19-41-29-25(15-20(16-27(29)40-2)14-23-17-34-31(33)36-30(23)32)26(38)12-13-37-28(21-8-4-3-5-9-21)24-11-7-6-10-22(24)18-35-37/h3-13,15-18,28H,14,19H2,1-2H3,(H4,32,33,34,36)/b13-12+. The molecule has 0 bridgehead atoms. The normalized spacial score (nSPS) is 14.2. The first-order valence-corrected chi connectivity index (χ1v) is 12.9. The van der Waals surface area contributed by atoms with Gasteiger partial charge in [-0.2, -0.15) is 10.1 Å². The Kier molecular flexibility index (Phi) is 8.21. The zero-order valence-corrected chi connectivity index (χ0v) is 22.7. The van der Waals surface area contributed by atoms with Crippen molar-refractivity contribution in [1.82, 2.24) is 15.0 Å². The van der Waals surface area contributed by atoms with Gasteiger partial charge in [-0.05, 0) is 28.8 Å². The molecule has 1 aliphatic heterocycles. The van der Waals surface area contributed by atoms with Crippen LogP contribution in [0.2, 0.25) is 0 Å². The summed E-state index contributed by atoms with van der Waals surface area (Å²) >= 11 is 0. The van der Waals surface area contributed by atoms with Crippen LogP contribution < -0.4 is 20.9 Å². The molecule has 208 valence electrons. The van der Waals surface area contributed by atoms with Crippen LogP contribution in [0.1, 0.15) is 44.2 Å². The monoisotopic (exact) mass is 550 g/mol. The largest absolute Gasteiger partial charge is 0.493 e. The third-order valence-electron chi connectivity index (χ3n) is 6.61. The van der Waals surface area contributed by atoms with Crippen LogP contribution in [0, 0.1) is 0 Å². The number of aromatic nitrogens is 2. The highest BCUT2D eigenvalue weighted by atomic mass is 16.7. The Bertz CT molecular complexity index is 1610. The molecule has 4 aromatic rings. The number of benzene rings is 3. The van der Waals surface area contributed by atoms with Crippen LogP contribution in [-0.4, -0.2) is 48.0 Å². The summed E-state index contributed by atoms with van der Waals surface area (Å²) in [7, 11) is 3.01. The summed E-state index contributed by atoms with van der Waals surface area (Å²) in [5.41, 5.74) is 16.6. The molecule has 3 aromatic carbocycles. The molecule has 4 N–H and O–H groups in total. The van der Waals surface area contributed by atoms with E-state index in [2.05, 4.69) is 21.1 Å². The van der Waals surface area contributed by atoms with Gasteiger partial charge in [0, 0.05) is 43.1 Å². The molecule has 0 spiro atoms. The Morgan fingerprint density at radius 1 is 1.05 bits per heavy atom. The molecule has 2 heterocycles. The van der Waals surface area contributed by atoms with Crippen LogP contribution in [0.4, 0.5) is 11.8 Å². The minimum absolute atomic E-state index is 0.0677. The SMILES string of the molecule is COCOc1c(OC)cc(Cc2cnc(N)nc2N)cc1C(=O)/C=C/N1N=Cc2ccccc2C1c1ccccc1. The van der Waals surface area contributed by atoms with E-state index in [9.17, 15) is 4.79 Å². The topological polar surface area (TPSA) is 138 Å². The number of anilines is 2. The number of hydrogen-bond acceptors (Lipinski definition) is 10. The Hall–Kier alpha value is -5.22. The van der Waals surface area contributed by atoms with E-state index < -0.39 is 0 Å². The number of nitrogen functional groups attached to an aromatic ring is 2. The summed E-state index contributed by atoms with van der Waals surface area (Å²) in [6.07, 6.45) is 6.86. The lowest BCUT2D eigenvalue weighted by atomic mass is 9.93. The van der Waals surface area contributed by atoms with Crippen LogP contribution in [0.25, 0.3) is 0 Å². The molecule has 0 aliphatic carbocycles. The van der Waals surface area contributed by atoms with Crippen molar-refractivity contribution in [2.24, 2.45) is 5.10 Å². The number of allylic oxidation sites excluding steroid dienone is 1. The number of ether oxygens (including phenoxy) is 3. The molecule has 1 aromatic heterocycles. The first-order valence-electron chi connectivity index (χ1n) is 12.9. The number of hydrazone groups is 1. The number of hydrogen-bond donors (Lipinski definition) is 2. The second kappa shape index (κ2) is 12.3. The number of ketones is 1. The Morgan fingerprint density at radius 2 is 1.83 bits per heavy atom. The van der Waals surface area contributed by atoms with E-state index >= 15 is 0 Å². The van der Waals surface area contributed by atoms with E-state index in [1.54, 1.807) is 35.8 Å². The van der Waals surface area contributed by atoms with Gasteiger partial charge in [0.05, 0.1) is 18.9 Å². The summed E-state index contributed by atoms with van der Waals surface area (Å²) in [6, 6.07) is 21.4. The van der Waals surface area contributed by atoms with E-state index in [4.69, 9.17) is 25.7 Å². The second-order valence-electron chi connectivity index (χ2n) is 9.29. The molecular weight excluding hydrogens is 520 g/mol. The lowest BCUT2D eigenvalue weighted by Gasteiger charge is -2.31. The Labute approximate surface area is 237 Å². The van der Waals surface area contributed by atoms with Crippen LogP contribution in [0.3, 0.4) is 0 Å². The van der Waals surface area contributed by atoms with E-state index in [1.807, 2.05) is 48.5 Å². The van der Waals surface area contributed by atoms with Gasteiger partial charge >= 0.3 is 0 Å². The lowest BCUT2D eigenvalue weighted by Crippen LogP contribution is -2.25. The smallest absolute Gasteiger partial charge is 0.221 e. The van der Waals surface area contributed by atoms with Crippen molar-refractivity contribution in [3.05, 3.63) is 119 Å². The summed E-state index contributed by atoms with van der Waals surface area (Å²) in [4.78, 5) is 21.8. The minimum Gasteiger partial charge on any atom is -0.493 e. The van der Waals surface area contributed by atoms with Gasteiger partial charge in [-0.1, -0.05) is 54.6 Å².